The van der Waals surface area contributed by atoms with Gasteiger partial charge in [0.05, 0.1) is 12.7 Å². The number of nitrogens with two attached hydrogens (primary N) is 1. The number of anilines is 1. The second-order valence-electron chi connectivity index (χ2n) is 4.31. The van der Waals surface area contributed by atoms with E-state index < -0.39 is 0 Å². The molecule has 0 saturated carbocycles. The third kappa shape index (κ3) is 1.90. The fraction of sp³-hybridized carbons (Fsp3) is 0.700. The number of nitrogens with zero attached hydrogens (tertiary/aromatic N) is 2. The van der Waals surface area contributed by atoms with Crippen LogP contribution >= 0.6 is 0 Å². The summed E-state index contributed by atoms with van der Waals surface area (Å²) in [6.45, 7) is 7.70. The molecule has 0 aliphatic carbocycles. The minimum absolute atomic E-state index is 0.264. The smallest absolute Gasteiger partial charge is 0.292 e. The van der Waals surface area contributed by atoms with Crippen molar-refractivity contribution in [2.24, 2.45) is 11.8 Å². The van der Waals surface area contributed by atoms with E-state index in [0.717, 1.165) is 37.2 Å². The molecular formula is C10H17N3O. The van der Waals surface area contributed by atoms with Gasteiger partial charge in [-0.2, -0.15) is 0 Å². The molecule has 1 aliphatic rings. The molecule has 0 radical (unpaired) electrons. The van der Waals surface area contributed by atoms with E-state index in [1.165, 1.54) is 0 Å². The molecule has 0 aromatic carbocycles. The molecule has 0 spiro atoms. The molecule has 78 valence electrons. The monoisotopic (exact) mass is 195 g/mol. The van der Waals surface area contributed by atoms with Gasteiger partial charge in [-0.3, -0.25) is 4.90 Å². The number of oxazole rings is 1. The molecule has 1 saturated heterocycles. The highest BCUT2D eigenvalue weighted by Crippen LogP contribution is 2.23. The first-order valence-corrected chi connectivity index (χ1v) is 5.07. The maximum absolute atomic E-state index is 5.41. The van der Waals surface area contributed by atoms with E-state index in [0.29, 0.717) is 0 Å². The standard InChI is InChI=1S/C10H17N3O/c1-7-4-13(5-8(7)2)6-9-3-12-10(11)14-9/h3,7-8H,4-6H2,1-2H3,(H2,11,12). The fourth-order valence-corrected chi connectivity index (χ4v) is 1.99. The van der Waals surface area contributed by atoms with E-state index in [1.54, 1.807) is 6.20 Å². The number of aromatic nitrogens is 1. The van der Waals surface area contributed by atoms with Gasteiger partial charge in [0.1, 0.15) is 5.76 Å². The Labute approximate surface area is 84.1 Å². The third-order valence-electron chi connectivity index (χ3n) is 3.01. The van der Waals surface area contributed by atoms with Crippen LogP contribution in [-0.2, 0) is 6.54 Å². The molecule has 2 N–H and O–H groups in total. The van der Waals surface area contributed by atoms with Crippen molar-refractivity contribution in [3.05, 3.63) is 12.0 Å². The molecule has 14 heavy (non-hydrogen) atoms. The molecule has 2 rings (SSSR count). The van der Waals surface area contributed by atoms with E-state index in [2.05, 4.69) is 23.7 Å². The van der Waals surface area contributed by atoms with Crippen LogP contribution in [0.25, 0.3) is 0 Å². The van der Waals surface area contributed by atoms with Crippen LogP contribution in [0.15, 0.2) is 10.6 Å². The molecule has 1 aromatic heterocycles. The summed E-state index contributed by atoms with van der Waals surface area (Å²) in [6.07, 6.45) is 1.71. The molecule has 1 fully saturated rings. The molecule has 2 heterocycles. The van der Waals surface area contributed by atoms with E-state index >= 15 is 0 Å². The van der Waals surface area contributed by atoms with E-state index in [4.69, 9.17) is 10.2 Å². The van der Waals surface area contributed by atoms with Gasteiger partial charge in [-0.15, -0.1) is 0 Å². The molecular weight excluding hydrogens is 178 g/mol. The van der Waals surface area contributed by atoms with Crippen LogP contribution in [0.2, 0.25) is 0 Å². The molecule has 2 atom stereocenters. The van der Waals surface area contributed by atoms with Crippen molar-refractivity contribution >= 4 is 6.01 Å². The fourth-order valence-electron chi connectivity index (χ4n) is 1.99. The summed E-state index contributed by atoms with van der Waals surface area (Å²) in [5.74, 6) is 2.41. The number of nitrogen functional groups attached to an aromatic ring is 1. The van der Waals surface area contributed by atoms with Crippen LogP contribution in [0.5, 0.6) is 0 Å². The van der Waals surface area contributed by atoms with Gasteiger partial charge in [0.15, 0.2) is 0 Å². The lowest BCUT2D eigenvalue weighted by molar-refractivity contribution is 0.287. The summed E-state index contributed by atoms with van der Waals surface area (Å²) in [5, 5.41) is 0. The van der Waals surface area contributed by atoms with Crippen molar-refractivity contribution in [3.63, 3.8) is 0 Å². The number of hydrogen-bond acceptors (Lipinski definition) is 4. The van der Waals surface area contributed by atoms with Gasteiger partial charge >= 0.3 is 0 Å². The Morgan fingerprint density at radius 3 is 2.64 bits per heavy atom. The van der Waals surface area contributed by atoms with E-state index in [-0.39, 0.29) is 6.01 Å². The van der Waals surface area contributed by atoms with Crippen LogP contribution in [0.3, 0.4) is 0 Å². The first-order chi connectivity index (χ1) is 6.65. The van der Waals surface area contributed by atoms with Gasteiger partial charge in [0.25, 0.3) is 6.01 Å². The van der Waals surface area contributed by atoms with E-state index in [9.17, 15) is 0 Å². The zero-order valence-electron chi connectivity index (χ0n) is 8.73. The van der Waals surface area contributed by atoms with Crippen LogP contribution in [0, 0.1) is 11.8 Å². The molecule has 0 amide bonds. The normalized spacial score (nSPS) is 28.4. The minimum atomic E-state index is 0.264. The first-order valence-electron chi connectivity index (χ1n) is 5.07. The third-order valence-corrected chi connectivity index (χ3v) is 3.01. The Morgan fingerprint density at radius 1 is 1.50 bits per heavy atom. The van der Waals surface area contributed by atoms with Crippen molar-refractivity contribution in [1.82, 2.24) is 9.88 Å². The SMILES string of the molecule is CC1CN(Cc2cnc(N)o2)CC1C. The van der Waals surface area contributed by atoms with Gasteiger partial charge in [0.2, 0.25) is 0 Å². The summed E-state index contributed by atoms with van der Waals surface area (Å²) >= 11 is 0. The topological polar surface area (TPSA) is 55.3 Å². The van der Waals surface area contributed by atoms with Crippen LogP contribution in [0.4, 0.5) is 6.01 Å². The highest BCUT2D eigenvalue weighted by atomic mass is 16.4. The Hall–Kier alpha value is -1.03. The van der Waals surface area contributed by atoms with Crippen LogP contribution in [0.1, 0.15) is 19.6 Å². The van der Waals surface area contributed by atoms with Crippen molar-refractivity contribution in [2.75, 3.05) is 18.8 Å². The second kappa shape index (κ2) is 3.61. The lowest BCUT2D eigenvalue weighted by atomic mass is 10.0. The molecule has 4 nitrogen and oxygen atoms in total. The summed E-state index contributed by atoms with van der Waals surface area (Å²) in [7, 11) is 0. The highest BCUT2D eigenvalue weighted by molar-refractivity contribution is 5.11. The zero-order valence-corrected chi connectivity index (χ0v) is 8.73. The lowest BCUT2D eigenvalue weighted by Crippen LogP contribution is -2.19. The summed E-state index contributed by atoms with van der Waals surface area (Å²) in [4.78, 5) is 6.27. The van der Waals surface area contributed by atoms with Gasteiger partial charge in [-0.05, 0) is 11.8 Å². The number of hydrogen-bond donors (Lipinski definition) is 1. The predicted octanol–water partition coefficient (Wildman–Crippen LogP) is 1.34. The minimum Gasteiger partial charge on any atom is -0.428 e. The molecule has 1 aromatic rings. The van der Waals surface area contributed by atoms with Crippen LogP contribution in [-0.4, -0.2) is 23.0 Å². The number of rotatable bonds is 2. The maximum Gasteiger partial charge on any atom is 0.292 e. The first kappa shape index (κ1) is 9.52. The van der Waals surface area contributed by atoms with Crippen molar-refractivity contribution in [1.29, 1.82) is 0 Å². The van der Waals surface area contributed by atoms with E-state index in [1.807, 2.05) is 0 Å². The Kier molecular flexibility index (Phi) is 2.46. The quantitative estimate of drug-likeness (QED) is 0.773. The Bertz CT molecular complexity index is 300. The summed E-state index contributed by atoms with van der Waals surface area (Å²) < 4.78 is 5.24. The predicted molar refractivity (Wildman–Crippen MR) is 54.5 cm³/mol. The Balaban J connectivity index is 1.93. The maximum atomic E-state index is 5.41. The van der Waals surface area contributed by atoms with Gasteiger partial charge < -0.3 is 10.2 Å². The second-order valence-corrected chi connectivity index (χ2v) is 4.31. The van der Waals surface area contributed by atoms with Gasteiger partial charge in [-0.1, -0.05) is 13.8 Å². The number of likely N-dealkylation sites (tertiary alicyclic amines) is 1. The van der Waals surface area contributed by atoms with Gasteiger partial charge in [-0.25, -0.2) is 4.98 Å². The van der Waals surface area contributed by atoms with Crippen molar-refractivity contribution < 1.29 is 4.42 Å². The Morgan fingerprint density at radius 2 is 2.14 bits per heavy atom. The zero-order chi connectivity index (χ0) is 10.1. The summed E-state index contributed by atoms with van der Waals surface area (Å²) in [6, 6.07) is 0.264. The van der Waals surface area contributed by atoms with Crippen molar-refractivity contribution in [2.45, 2.75) is 20.4 Å². The highest BCUT2D eigenvalue weighted by Gasteiger charge is 2.26. The molecule has 4 heteroatoms. The van der Waals surface area contributed by atoms with Gasteiger partial charge in [0, 0.05) is 13.1 Å². The molecule has 2 unspecified atom stereocenters. The van der Waals surface area contributed by atoms with Crippen LogP contribution < -0.4 is 5.73 Å². The molecule has 0 bridgehead atoms. The largest absolute Gasteiger partial charge is 0.428 e. The van der Waals surface area contributed by atoms with Crippen molar-refractivity contribution in [3.8, 4) is 0 Å². The average Bonchev–Trinajstić information content (AvgIpc) is 2.62. The molecule has 1 aliphatic heterocycles. The average molecular weight is 195 g/mol. The lowest BCUT2D eigenvalue weighted by Gasteiger charge is -2.12. The summed E-state index contributed by atoms with van der Waals surface area (Å²) in [5.41, 5.74) is 5.41.